The molecule has 2 unspecified atom stereocenters. The Kier molecular flexibility index (Phi) is 4.81. The van der Waals surface area contributed by atoms with Crippen LogP contribution in [0.2, 0.25) is 0 Å². The smallest absolute Gasteiger partial charge is 0.247 e. The molecule has 2 aliphatic rings. The lowest BCUT2D eigenvalue weighted by atomic mass is 9.75. The molecule has 0 radical (unpaired) electrons. The van der Waals surface area contributed by atoms with E-state index in [9.17, 15) is 4.79 Å². The van der Waals surface area contributed by atoms with Gasteiger partial charge in [0.05, 0.1) is 0 Å². The molecule has 132 valence electrons. The number of carbonyl (C=O) groups is 1. The standard InChI is InChI=1S/C20H25N3O2/c24-19(23-13-12-15-6-4-5-9-17(15)14-23)11-10-18-21-22-20(25-18)16-7-2-1-3-8-16/h1-3,7-8,15,17H,4-6,9-14H2. The van der Waals surface area contributed by atoms with E-state index in [1.807, 2.05) is 30.3 Å². The monoisotopic (exact) mass is 339 g/mol. The maximum absolute atomic E-state index is 12.6. The number of amides is 1. The Bertz CT molecular complexity index is 713. The van der Waals surface area contributed by atoms with Gasteiger partial charge in [0.2, 0.25) is 17.7 Å². The summed E-state index contributed by atoms with van der Waals surface area (Å²) in [4.78, 5) is 14.6. The minimum atomic E-state index is 0.225. The Morgan fingerprint density at radius 3 is 2.72 bits per heavy atom. The highest BCUT2D eigenvalue weighted by Crippen LogP contribution is 2.36. The van der Waals surface area contributed by atoms with E-state index in [1.54, 1.807) is 0 Å². The van der Waals surface area contributed by atoms with Crippen LogP contribution in [0.1, 0.15) is 44.4 Å². The lowest BCUT2D eigenvalue weighted by molar-refractivity contribution is -0.134. The van der Waals surface area contributed by atoms with Crippen LogP contribution in [0.25, 0.3) is 11.5 Å². The SMILES string of the molecule is O=C(CCc1nnc(-c2ccccc2)o1)N1CCC2CCCCC2C1. The van der Waals surface area contributed by atoms with Gasteiger partial charge < -0.3 is 9.32 Å². The van der Waals surface area contributed by atoms with Gasteiger partial charge in [-0.15, -0.1) is 10.2 Å². The van der Waals surface area contributed by atoms with Gasteiger partial charge in [-0.3, -0.25) is 4.79 Å². The predicted octanol–water partition coefficient (Wildman–Crippen LogP) is 3.71. The number of carbonyl (C=O) groups excluding carboxylic acids is 1. The summed E-state index contributed by atoms with van der Waals surface area (Å²) in [5, 5.41) is 8.18. The van der Waals surface area contributed by atoms with E-state index < -0.39 is 0 Å². The number of hydrogen-bond donors (Lipinski definition) is 0. The molecule has 5 nitrogen and oxygen atoms in total. The van der Waals surface area contributed by atoms with Crippen LogP contribution in [-0.2, 0) is 11.2 Å². The molecule has 0 N–H and O–H groups in total. The van der Waals surface area contributed by atoms with Gasteiger partial charge in [0.1, 0.15) is 0 Å². The number of piperidine rings is 1. The Morgan fingerprint density at radius 1 is 1.08 bits per heavy atom. The third-order valence-corrected chi connectivity index (χ3v) is 5.68. The Labute approximate surface area is 148 Å². The van der Waals surface area contributed by atoms with E-state index in [4.69, 9.17) is 4.42 Å². The van der Waals surface area contributed by atoms with E-state index in [0.717, 1.165) is 30.5 Å². The molecule has 2 atom stereocenters. The summed E-state index contributed by atoms with van der Waals surface area (Å²) in [6, 6.07) is 9.72. The number of nitrogens with zero attached hydrogens (tertiary/aromatic N) is 3. The third-order valence-electron chi connectivity index (χ3n) is 5.68. The molecule has 2 fully saturated rings. The molecule has 1 saturated heterocycles. The molecular weight excluding hydrogens is 314 g/mol. The molecule has 2 aromatic rings. The fourth-order valence-corrected chi connectivity index (χ4v) is 4.25. The largest absolute Gasteiger partial charge is 0.421 e. The third kappa shape index (κ3) is 3.75. The first-order valence-electron chi connectivity index (χ1n) is 9.45. The number of rotatable bonds is 4. The van der Waals surface area contributed by atoms with Crippen LogP contribution >= 0.6 is 0 Å². The summed E-state index contributed by atoms with van der Waals surface area (Å²) in [6.07, 6.45) is 7.49. The number of fused-ring (bicyclic) bond motifs is 1. The van der Waals surface area contributed by atoms with Crippen molar-refractivity contribution in [3.8, 4) is 11.5 Å². The predicted molar refractivity (Wildman–Crippen MR) is 94.7 cm³/mol. The first-order chi connectivity index (χ1) is 12.3. The second-order valence-corrected chi connectivity index (χ2v) is 7.30. The van der Waals surface area contributed by atoms with Crippen LogP contribution < -0.4 is 0 Å². The maximum atomic E-state index is 12.6. The summed E-state index contributed by atoms with van der Waals surface area (Å²) in [5.74, 6) is 2.86. The second-order valence-electron chi connectivity index (χ2n) is 7.30. The first kappa shape index (κ1) is 16.3. The van der Waals surface area contributed by atoms with Gasteiger partial charge in [-0.25, -0.2) is 0 Å². The van der Waals surface area contributed by atoms with Gasteiger partial charge in [-0.1, -0.05) is 37.5 Å². The van der Waals surface area contributed by atoms with Crippen molar-refractivity contribution in [1.29, 1.82) is 0 Å². The topological polar surface area (TPSA) is 59.2 Å². The average Bonchev–Trinajstić information content (AvgIpc) is 3.15. The zero-order chi connectivity index (χ0) is 17.1. The molecule has 1 aliphatic carbocycles. The molecule has 2 heterocycles. The molecule has 4 rings (SSSR count). The van der Waals surface area contributed by atoms with Crippen molar-refractivity contribution in [3.05, 3.63) is 36.2 Å². The number of hydrogen-bond acceptors (Lipinski definition) is 4. The van der Waals surface area contributed by atoms with Crippen molar-refractivity contribution in [2.45, 2.75) is 44.9 Å². The quantitative estimate of drug-likeness (QED) is 0.852. The molecule has 1 amide bonds. The normalized spacial score (nSPS) is 23.3. The van der Waals surface area contributed by atoms with Crippen molar-refractivity contribution in [1.82, 2.24) is 15.1 Å². The van der Waals surface area contributed by atoms with E-state index in [0.29, 0.717) is 24.6 Å². The van der Waals surface area contributed by atoms with Crippen LogP contribution in [0.15, 0.2) is 34.7 Å². The summed E-state index contributed by atoms with van der Waals surface area (Å²) in [5.41, 5.74) is 0.909. The maximum Gasteiger partial charge on any atom is 0.247 e. The average molecular weight is 339 g/mol. The number of likely N-dealkylation sites (tertiary alicyclic amines) is 1. The zero-order valence-electron chi connectivity index (χ0n) is 14.6. The highest BCUT2D eigenvalue weighted by Gasteiger charge is 2.32. The van der Waals surface area contributed by atoms with Crippen molar-refractivity contribution < 1.29 is 9.21 Å². The Hall–Kier alpha value is -2.17. The van der Waals surface area contributed by atoms with Gasteiger partial charge in [-0.2, -0.15) is 0 Å². The second kappa shape index (κ2) is 7.38. The number of aryl methyl sites for hydroxylation is 1. The van der Waals surface area contributed by atoms with E-state index >= 15 is 0 Å². The summed E-state index contributed by atoms with van der Waals surface area (Å²) in [7, 11) is 0. The van der Waals surface area contributed by atoms with Gasteiger partial charge in [-0.05, 0) is 36.8 Å². The first-order valence-corrected chi connectivity index (χ1v) is 9.45. The molecule has 25 heavy (non-hydrogen) atoms. The molecule has 1 aromatic heterocycles. The fourth-order valence-electron chi connectivity index (χ4n) is 4.25. The van der Waals surface area contributed by atoms with Gasteiger partial charge >= 0.3 is 0 Å². The molecule has 0 bridgehead atoms. The molecule has 1 aliphatic heterocycles. The Balaban J connectivity index is 1.31. The van der Waals surface area contributed by atoms with E-state index in [2.05, 4.69) is 15.1 Å². The summed E-state index contributed by atoms with van der Waals surface area (Å²) < 4.78 is 5.70. The highest BCUT2D eigenvalue weighted by molar-refractivity contribution is 5.76. The van der Waals surface area contributed by atoms with Crippen molar-refractivity contribution in [3.63, 3.8) is 0 Å². The fraction of sp³-hybridized carbons (Fsp3) is 0.550. The van der Waals surface area contributed by atoms with Crippen LogP contribution in [0.5, 0.6) is 0 Å². The minimum absolute atomic E-state index is 0.225. The molecule has 1 saturated carbocycles. The van der Waals surface area contributed by atoms with Crippen LogP contribution in [0.3, 0.4) is 0 Å². The zero-order valence-corrected chi connectivity index (χ0v) is 14.6. The molecule has 0 spiro atoms. The van der Waals surface area contributed by atoms with Crippen molar-refractivity contribution >= 4 is 5.91 Å². The summed E-state index contributed by atoms with van der Waals surface area (Å²) in [6.45, 7) is 1.86. The molecular formula is C20H25N3O2. The summed E-state index contributed by atoms with van der Waals surface area (Å²) >= 11 is 0. The van der Waals surface area contributed by atoms with Crippen molar-refractivity contribution in [2.24, 2.45) is 11.8 Å². The molecule has 1 aromatic carbocycles. The van der Waals surface area contributed by atoms with Gasteiger partial charge in [0.25, 0.3) is 0 Å². The number of benzene rings is 1. The van der Waals surface area contributed by atoms with E-state index in [-0.39, 0.29) is 5.91 Å². The number of aromatic nitrogens is 2. The highest BCUT2D eigenvalue weighted by atomic mass is 16.4. The van der Waals surface area contributed by atoms with Crippen molar-refractivity contribution in [2.75, 3.05) is 13.1 Å². The Morgan fingerprint density at radius 2 is 1.88 bits per heavy atom. The van der Waals surface area contributed by atoms with Gasteiger partial charge in [0, 0.05) is 31.5 Å². The molecule has 5 heteroatoms. The lowest BCUT2D eigenvalue weighted by Crippen LogP contribution is -2.44. The van der Waals surface area contributed by atoms with Gasteiger partial charge in [0.15, 0.2) is 0 Å². The van der Waals surface area contributed by atoms with Crippen LogP contribution in [0, 0.1) is 11.8 Å². The van der Waals surface area contributed by atoms with Crippen LogP contribution in [-0.4, -0.2) is 34.1 Å². The minimum Gasteiger partial charge on any atom is -0.421 e. The van der Waals surface area contributed by atoms with Crippen LogP contribution in [0.4, 0.5) is 0 Å². The van der Waals surface area contributed by atoms with E-state index in [1.165, 1.54) is 32.1 Å². The lowest BCUT2D eigenvalue weighted by Gasteiger charge is -2.41.